The predicted molar refractivity (Wildman–Crippen MR) is 57.8 cm³/mol. The number of aliphatic hydroxyl groups is 1. The number of carboxylic acid groups (broad SMARTS) is 1. The maximum absolute atomic E-state index is 10.6. The smallest absolute Gasteiger partial charge is 0.337 e. The highest BCUT2D eigenvalue weighted by molar-refractivity contribution is 5.74. The van der Waals surface area contributed by atoms with E-state index < -0.39 is 12.1 Å². The molecule has 5 heteroatoms. The lowest BCUT2D eigenvalue weighted by molar-refractivity contribution is -0.146. The van der Waals surface area contributed by atoms with Gasteiger partial charge in [-0.25, -0.2) is 4.79 Å². The van der Waals surface area contributed by atoms with Crippen molar-refractivity contribution < 1.29 is 19.8 Å². The molecule has 1 unspecified atom stereocenters. The van der Waals surface area contributed by atoms with E-state index in [1.54, 1.807) is 12.1 Å². The molecular formula is C11H13NO4. The molecule has 0 aliphatic heterocycles. The molecular weight excluding hydrogens is 210 g/mol. The highest BCUT2D eigenvalue weighted by atomic mass is 16.4. The molecule has 86 valence electrons. The molecule has 1 rings (SSSR count). The Labute approximate surface area is 92.5 Å². The molecule has 1 aromatic carbocycles. The summed E-state index contributed by atoms with van der Waals surface area (Å²) >= 11 is 0. The Morgan fingerprint density at radius 1 is 1.44 bits per heavy atom. The number of carboxylic acids is 1. The van der Waals surface area contributed by atoms with E-state index in [9.17, 15) is 14.7 Å². The molecule has 0 amide bonds. The van der Waals surface area contributed by atoms with Crippen LogP contribution in [-0.4, -0.2) is 22.5 Å². The summed E-state index contributed by atoms with van der Waals surface area (Å²) in [4.78, 5) is 20.8. The Bertz CT molecular complexity index is 403. The number of nitrogens with two attached hydrogens (primary N) is 1. The molecule has 0 radical (unpaired) electrons. The van der Waals surface area contributed by atoms with Crippen molar-refractivity contribution in [3.63, 3.8) is 0 Å². The maximum atomic E-state index is 10.6. The van der Waals surface area contributed by atoms with E-state index in [4.69, 9.17) is 10.8 Å². The van der Waals surface area contributed by atoms with Gasteiger partial charge in [-0.15, -0.1) is 0 Å². The van der Waals surface area contributed by atoms with Crippen LogP contribution < -0.4 is 5.73 Å². The maximum Gasteiger partial charge on any atom is 0.337 e. The molecule has 0 aliphatic rings. The average Bonchev–Trinajstić information content (AvgIpc) is 2.24. The van der Waals surface area contributed by atoms with E-state index in [1.165, 1.54) is 6.07 Å². The van der Waals surface area contributed by atoms with E-state index in [0.717, 1.165) is 11.8 Å². The van der Waals surface area contributed by atoms with E-state index in [1.807, 2.05) is 0 Å². The van der Waals surface area contributed by atoms with Crippen LogP contribution in [-0.2, 0) is 16.0 Å². The van der Waals surface area contributed by atoms with Gasteiger partial charge in [-0.05, 0) is 29.7 Å². The summed E-state index contributed by atoms with van der Waals surface area (Å²) in [5, 5.41) is 18.0. The number of nitrogen functional groups attached to an aromatic ring is 1. The molecule has 1 atom stereocenters. The van der Waals surface area contributed by atoms with Crippen LogP contribution in [0.1, 0.15) is 23.7 Å². The van der Waals surface area contributed by atoms with Gasteiger partial charge in [0, 0.05) is 12.1 Å². The zero-order valence-electron chi connectivity index (χ0n) is 8.59. The Hall–Kier alpha value is -1.88. The topological polar surface area (TPSA) is 101 Å². The van der Waals surface area contributed by atoms with Gasteiger partial charge in [0.2, 0.25) is 0 Å². The number of carbonyl (C=O) groups is 2. The second-order valence-corrected chi connectivity index (χ2v) is 3.45. The number of aldehydes is 1. The van der Waals surface area contributed by atoms with Gasteiger partial charge < -0.3 is 20.7 Å². The van der Waals surface area contributed by atoms with Gasteiger partial charge in [0.15, 0.2) is 6.10 Å². The zero-order valence-corrected chi connectivity index (χ0v) is 8.59. The highest BCUT2D eigenvalue weighted by Gasteiger charge is 2.16. The summed E-state index contributed by atoms with van der Waals surface area (Å²) in [5.41, 5.74) is 6.92. The molecule has 0 saturated heterocycles. The standard InChI is InChI=1S/C11H13NO4/c12-9-5-7(2-1-3-13)4-8(6-9)10(14)11(15)16/h3-6,10,14H,1-2,12H2,(H,15,16). The van der Waals surface area contributed by atoms with Crippen LogP contribution in [0.2, 0.25) is 0 Å². The van der Waals surface area contributed by atoms with Crippen LogP contribution in [0.5, 0.6) is 0 Å². The lowest BCUT2D eigenvalue weighted by Gasteiger charge is -2.09. The van der Waals surface area contributed by atoms with Crippen LogP contribution in [0.4, 0.5) is 5.69 Å². The molecule has 16 heavy (non-hydrogen) atoms. The fourth-order valence-electron chi connectivity index (χ4n) is 1.42. The third-order valence-corrected chi connectivity index (χ3v) is 2.14. The SMILES string of the molecule is Nc1cc(CCC=O)cc(C(O)C(=O)O)c1. The molecule has 5 nitrogen and oxygen atoms in total. The summed E-state index contributed by atoms with van der Waals surface area (Å²) in [6.07, 6.45) is 0.00894. The number of aliphatic hydroxyl groups excluding tert-OH is 1. The van der Waals surface area contributed by atoms with Crippen molar-refractivity contribution in [1.82, 2.24) is 0 Å². The summed E-state index contributed by atoms with van der Waals surface area (Å²) in [7, 11) is 0. The van der Waals surface area contributed by atoms with Crippen molar-refractivity contribution in [2.24, 2.45) is 0 Å². The lowest BCUT2D eigenvalue weighted by atomic mass is 10.0. The van der Waals surface area contributed by atoms with Crippen molar-refractivity contribution in [2.75, 3.05) is 5.73 Å². The summed E-state index contributed by atoms with van der Waals surface area (Å²) in [5.74, 6) is -1.33. The van der Waals surface area contributed by atoms with Crippen molar-refractivity contribution >= 4 is 17.9 Å². The van der Waals surface area contributed by atoms with E-state index >= 15 is 0 Å². The Balaban J connectivity index is 2.97. The van der Waals surface area contributed by atoms with E-state index in [2.05, 4.69) is 0 Å². The Kier molecular flexibility index (Phi) is 4.02. The van der Waals surface area contributed by atoms with Gasteiger partial charge in [0.05, 0.1) is 0 Å². The van der Waals surface area contributed by atoms with Crippen molar-refractivity contribution in [1.29, 1.82) is 0 Å². The molecule has 0 spiro atoms. The third kappa shape index (κ3) is 3.06. The lowest BCUT2D eigenvalue weighted by Crippen LogP contribution is -2.11. The number of hydrogen-bond acceptors (Lipinski definition) is 4. The van der Waals surface area contributed by atoms with Crippen LogP contribution >= 0.6 is 0 Å². The van der Waals surface area contributed by atoms with Crippen LogP contribution in [0, 0.1) is 0 Å². The van der Waals surface area contributed by atoms with Gasteiger partial charge in [-0.3, -0.25) is 0 Å². The van der Waals surface area contributed by atoms with Gasteiger partial charge in [0.25, 0.3) is 0 Å². The van der Waals surface area contributed by atoms with Crippen LogP contribution in [0.25, 0.3) is 0 Å². The summed E-state index contributed by atoms with van der Waals surface area (Å²) in [6.45, 7) is 0. The largest absolute Gasteiger partial charge is 0.479 e. The summed E-state index contributed by atoms with van der Waals surface area (Å²) in [6, 6.07) is 4.60. The van der Waals surface area contributed by atoms with Gasteiger partial charge >= 0.3 is 5.97 Å². The fourth-order valence-corrected chi connectivity index (χ4v) is 1.42. The molecule has 1 aromatic rings. The molecule has 0 bridgehead atoms. The molecule has 0 heterocycles. The Morgan fingerprint density at radius 2 is 2.12 bits per heavy atom. The van der Waals surface area contributed by atoms with Gasteiger partial charge in [-0.1, -0.05) is 6.07 Å². The molecule has 4 N–H and O–H groups in total. The van der Waals surface area contributed by atoms with Crippen molar-refractivity contribution in [3.05, 3.63) is 29.3 Å². The number of hydrogen-bond donors (Lipinski definition) is 3. The number of rotatable bonds is 5. The minimum absolute atomic E-state index is 0.230. The van der Waals surface area contributed by atoms with Crippen molar-refractivity contribution in [2.45, 2.75) is 18.9 Å². The minimum Gasteiger partial charge on any atom is -0.479 e. The van der Waals surface area contributed by atoms with Crippen molar-refractivity contribution in [3.8, 4) is 0 Å². The van der Waals surface area contributed by atoms with E-state index in [-0.39, 0.29) is 5.56 Å². The Morgan fingerprint density at radius 3 is 2.69 bits per heavy atom. The first-order chi connectivity index (χ1) is 7.54. The van der Waals surface area contributed by atoms with Crippen LogP contribution in [0.3, 0.4) is 0 Å². The predicted octanol–water partition coefficient (Wildman–Crippen LogP) is 0.518. The quantitative estimate of drug-likeness (QED) is 0.499. The molecule has 0 aromatic heterocycles. The number of aliphatic carboxylic acids is 1. The monoisotopic (exact) mass is 223 g/mol. The molecule has 0 saturated carbocycles. The van der Waals surface area contributed by atoms with Gasteiger partial charge in [0.1, 0.15) is 6.29 Å². The summed E-state index contributed by atoms with van der Waals surface area (Å²) < 4.78 is 0. The third-order valence-electron chi connectivity index (χ3n) is 2.14. The first-order valence-electron chi connectivity index (χ1n) is 4.78. The number of aryl methyl sites for hydroxylation is 1. The normalized spacial score (nSPS) is 12.1. The average molecular weight is 223 g/mol. The van der Waals surface area contributed by atoms with Gasteiger partial charge in [-0.2, -0.15) is 0 Å². The first-order valence-corrected chi connectivity index (χ1v) is 4.78. The minimum atomic E-state index is -1.58. The molecule has 0 aliphatic carbocycles. The number of carbonyl (C=O) groups excluding carboxylic acids is 1. The number of benzene rings is 1. The second kappa shape index (κ2) is 5.27. The highest BCUT2D eigenvalue weighted by Crippen LogP contribution is 2.19. The first kappa shape index (κ1) is 12.2. The molecule has 0 fully saturated rings. The van der Waals surface area contributed by atoms with Crippen LogP contribution in [0.15, 0.2) is 18.2 Å². The fraction of sp³-hybridized carbons (Fsp3) is 0.273. The number of anilines is 1. The van der Waals surface area contributed by atoms with E-state index in [0.29, 0.717) is 18.5 Å². The zero-order chi connectivity index (χ0) is 12.1. The second-order valence-electron chi connectivity index (χ2n) is 3.45.